The van der Waals surface area contributed by atoms with Crippen molar-refractivity contribution in [2.45, 2.75) is 25.0 Å². The van der Waals surface area contributed by atoms with Gasteiger partial charge in [0.25, 0.3) is 0 Å². The van der Waals surface area contributed by atoms with Gasteiger partial charge in [0.15, 0.2) is 0 Å². The Morgan fingerprint density at radius 3 is 2.58 bits per heavy atom. The van der Waals surface area contributed by atoms with Gasteiger partial charge in [0.2, 0.25) is 0 Å². The molecule has 1 aliphatic carbocycles. The van der Waals surface area contributed by atoms with Crippen LogP contribution in [0.3, 0.4) is 0 Å². The highest BCUT2D eigenvalue weighted by Gasteiger charge is 2.40. The maximum absolute atomic E-state index is 11.7. The molecule has 0 aliphatic heterocycles. The fourth-order valence-corrected chi connectivity index (χ4v) is 3.56. The van der Waals surface area contributed by atoms with Crippen molar-refractivity contribution >= 4 is 17.0 Å². The van der Waals surface area contributed by atoms with Crippen LogP contribution < -0.4 is 0 Å². The van der Waals surface area contributed by atoms with Gasteiger partial charge in [-0.1, -0.05) is 43.0 Å². The Kier molecular flexibility index (Phi) is 5.44. The van der Waals surface area contributed by atoms with Crippen LogP contribution in [0.1, 0.15) is 24.1 Å². The summed E-state index contributed by atoms with van der Waals surface area (Å²) < 4.78 is 5.16. The molecule has 3 aromatic rings. The molecule has 31 heavy (non-hydrogen) atoms. The number of ether oxygens (including phenoxy) is 1. The maximum atomic E-state index is 11.7. The van der Waals surface area contributed by atoms with Gasteiger partial charge in [0.05, 0.1) is 6.61 Å². The number of phenolic OH excluding ortho intramolecular Hbond substituents is 1. The fraction of sp³-hybridized carbons (Fsp3) is 0.208. The quantitative estimate of drug-likeness (QED) is 0.472. The molecule has 1 aliphatic rings. The molecular formula is C24H23N3O4. The number of hydrogen-bond donors (Lipinski definition) is 2. The van der Waals surface area contributed by atoms with Crippen LogP contribution in [-0.4, -0.2) is 37.8 Å². The fourth-order valence-electron chi connectivity index (χ4n) is 3.56. The second-order valence-electron chi connectivity index (χ2n) is 7.54. The van der Waals surface area contributed by atoms with E-state index in [1.807, 2.05) is 30.3 Å². The Morgan fingerprint density at radius 2 is 1.90 bits per heavy atom. The Morgan fingerprint density at radius 1 is 1.19 bits per heavy atom. The van der Waals surface area contributed by atoms with Crippen LogP contribution in [0.2, 0.25) is 0 Å². The zero-order valence-corrected chi connectivity index (χ0v) is 17.1. The van der Waals surface area contributed by atoms with Gasteiger partial charge in [-0.25, -0.2) is 4.79 Å². The summed E-state index contributed by atoms with van der Waals surface area (Å²) in [5.74, 6) is -0.498. The van der Waals surface area contributed by atoms with Crippen molar-refractivity contribution in [2.24, 2.45) is 0 Å². The van der Waals surface area contributed by atoms with Crippen molar-refractivity contribution in [3.05, 3.63) is 90.0 Å². The van der Waals surface area contributed by atoms with Crippen molar-refractivity contribution < 1.29 is 19.7 Å². The summed E-state index contributed by atoms with van der Waals surface area (Å²) in [4.78, 5) is 13.1. The summed E-state index contributed by atoms with van der Waals surface area (Å²) >= 11 is 0. The molecule has 1 aromatic heterocycles. The summed E-state index contributed by atoms with van der Waals surface area (Å²) in [5.41, 5.74) is 1.31. The number of hydrogen-bond acceptors (Lipinski definition) is 6. The molecule has 0 saturated heterocycles. The third-order valence-corrected chi connectivity index (χ3v) is 5.22. The minimum atomic E-state index is -1.57. The smallest absolute Gasteiger partial charge is 0.333 e. The number of carbonyl (C=O) groups excluding carboxylic acids is 1. The number of benzene rings is 2. The number of aromatic hydroxyl groups is 1. The third kappa shape index (κ3) is 4.00. The normalized spacial score (nSPS) is 20.1. The van der Waals surface area contributed by atoms with E-state index in [0.29, 0.717) is 28.6 Å². The minimum Gasteiger partial charge on any atom is -0.508 e. The number of esters is 1. The molecule has 158 valence electrons. The van der Waals surface area contributed by atoms with Gasteiger partial charge >= 0.3 is 5.97 Å². The number of aliphatic hydroxyl groups is 1. The third-order valence-electron chi connectivity index (χ3n) is 5.22. The van der Waals surface area contributed by atoms with Gasteiger partial charge in [-0.15, -0.1) is 0 Å². The van der Waals surface area contributed by atoms with E-state index in [9.17, 15) is 15.0 Å². The SMILES string of the molecule is C=C(C)C(=O)OCCc1ccc(O)c(C2(O)C=CC=CC2n2nc3ccccc3n2)c1. The highest BCUT2D eigenvalue weighted by molar-refractivity contribution is 5.86. The lowest BCUT2D eigenvalue weighted by atomic mass is 9.82. The lowest BCUT2D eigenvalue weighted by Gasteiger charge is -2.34. The second kappa shape index (κ2) is 8.20. The van der Waals surface area contributed by atoms with Crippen LogP contribution in [0.4, 0.5) is 0 Å². The number of phenols is 1. The summed E-state index contributed by atoms with van der Waals surface area (Å²) in [6.45, 7) is 5.32. The van der Waals surface area contributed by atoms with E-state index >= 15 is 0 Å². The van der Waals surface area contributed by atoms with E-state index in [0.717, 1.165) is 5.56 Å². The van der Waals surface area contributed by atoms with Crippen LogP contribution in [0, 0.1) is 0 Å². The van der Waals surface area contributed by atoms with Gasteiger partial charge in [-0.2, -0.15) is 15.0 Å². The number of nitrogens with zero attached hydrogens (tertiary/aromatic N) is 3. The zero-order valence-electron chi connectivity index (χ0n) is 17.1. The van der Waals surface area contributed by atoms with E-state index in [1.54, 1.807) is 37.3 Å². The van der Waals surface area contributed by atoms with E-state index in [2.05, 4.69) is 16.8 Å². The highest BCUT2D eigenvalue weighted by atomic mass is 16.5. The molecule has 0 radical (unpaired) electrons. The molecule has 0 saturated carbocycles. The molecule has 0 amide bonds. The van der Waals surface area contributed by atoms with Crippen molar-refractivity contribution in [3.8, 4) is 5.75 Å². The average Bonchev–Trinajstić information content (AvgIpc) is 3.18. The molecule has 2 unspecified atom stereocenters. The largest absolute Gasteiger partial charge is 0.508 e. The molecule has 2 N–H and O–H groups in total. The summed E-state index contributed by atoms with van der Waals surface area (Å²) in [5, 5.41) is 31.3. The number of aromatic nitrogens is 3. The van der Waals surface area contributed by atoms with Crippen LogP contribution >= 0.6 is 0 Å². The van der Waals surface area contributed by atoms with Gasteiger partial charge in [-0.3, -0.25) is 0 Å². The molecule has 7 nitrogen and oxygen atoms in total. The Bertz CT molecular complexity index is 1180. The topological polar surface area (TPSA) is 97.5 Å². The molecular weight excluding hydrogens is 394 g/mol. The van der Waals surface area contributed by atoms with Crippen molar-refractivity contribution in [2.75, 3.05) is 6.61 Å². The number of rotatable bonds is 6. The average molecular weight is 417 g/mol. The summed E-state index contributed by atoms with van der Waals surface area (Å²) in [7, 11) is 0. The molecule has 2 atom stereocenters. The van der Waals surface area contributed by atoms with Crippen molar-refractivity contribution in [3.63, 3.8) is 0 Å². The summed E-state index contributed by atoms with van der Waals surface area (Å²) in [6.07, 6.45) is 7.37. The lowest BCUT2D eigenvalue weighted by Crippen LogP contribution is -2.36. The molecule has 2 aromatic carbocycles. The predicted octanol–water partition coefficient (Wildman–Crippen LogP) is 3.35. The van der Waals surface area contributed by atoms with Crippen LogP contribution in [0.25, 0.3) is 11.0 Å². The molecule has 1 heterocycles. The first-order chi connectivity index (χ1) is 14.9. The van der Waals surface area contributed by atoms with E-state index in [-0.39, 0.29) is 12.4 Å². The van der Waals surface area contributed by atoms with Gasteiger partial charge < -0.3 is 14.9 Å². The van der Waals surface area contributed by atoms with Crippen molar-refractivity contribution in [1.82, 2.24) is 15.0 Å². The zero-order chi connectivity index (χ0) is 22.0. The van der Waals surface area contributed by atoms with Gasteiger partial charge in [-0.05, 0) is 42.8 Å². The molecule has 0 fully saturated rings. The Hall–Kier alpha value is -3.71. The lowest BCUT2D eigenvalue weighted by molar-refractivity contribution is -0.138. The molecule has 4 rings (SSSR count). The summed E-state index contributed by atoms with van der Waals surface area (Å²) in [6, 6.07) is 11.8. The first-order valence-corrected chi connectivity index (χ1v) is 9.93. The Labute approximate surface area is 179 Å². The second-order valence-corrected chi connectivity index (χ2v) is 7.54. The monoisotopic (exact) mass is 417 g/mol. The van der Waals surface area contributed by atoms with Gasteiger partial charge in [0.1, 0.15) is 28.4 Å². The van der Waals surface area contributed by atoms with E-state index < -0.39 is 17.6 Å². The van der Waals surface area contributed by atoms with E-state index in [1.165, 1.54) is 10.9 Å². The number of fused-ring (bicyclic) bond motifs is 1. The molecule has 7 heteroatoms. The number of carbonyl (C=O) groups is 1. The molecule has 0 spiro atoms. The molecule has 0 bridgehead atoms. The van der Waals surface area contributed by atoms with Crippen molar-refractivity contribution in [1.29, 1.82) is 0 Å². The van der Waals surface area contributed by atoms with Crippen LogP contribution in [-0.2, 0) is 21.6 Å². The standard InChI is InChI=1S/C24H23N3O4/c1-16(2)23(29)31-14-12-17-10-11-21(28)18(15-17)24(30)13-6-5-9-22(24)27-25-19-7-3-4-8-20(19)26-27/h3-11,13,15,22,28,30H,1,12,14H2,2H3. The maximum Gasteiger partial charge on any atom is 0.333 e. The van der Waals surface area contributed by atoms with Crippen LogP contribution in [0.5, 0.6) is 5.75 Å². The van der Waals surface area contributed by atoms with Crippen LogP contribution in [0.15, 0.2) is 78.9 Å². The van der Waals surface area contributed by atoms with Gasteiger partial charge in [0, 0.05) is 17.6 Å². The predicted molar refractivity (Wildman–Crippen MR) is 116 cm³/mol. The first kappa shape index (κ1) is 20.6. The minimum absolute atomic E-state index is 0.0492. The number of allylic oxidation sites excluding steroid dienone is 2. The van der Waals surface area contributed by atoms with E-state index in [4.69, 9.17) is 4.74 Å². The first-order valence-electron chi connectivity index (χ1n) is 9.93. The highest BCUT2D eigenvalue weighted by Crippen LogP contribution is 2.42. The Balaban J connectivity index is 1.65.